The third kappa shape index (κ3) is 4.25. The van der Waals surface area contributed by atoms with Gasteiger partial charge in [-0.25, -0.2) is 4.39 Å². The van der Waals surface area contributed by atoms with Crippen molar-refractivity contribution < 1.29 is 14.0 Å². The fourth-order valence-corrected chi connectivity index (χ4v) is 3.97. The summed E-state index contributed by atoms with van der Waals surface area (Å²) in [5, 5.41) is 5.79. The smallest absolute Gasteiger partial charge is 0.268 e. The molecule has 0 aliphatic carbocycles. The number of likely N-dealkylation sites (tertiary alicyclic amines) is 1. The molecule has 2 aliphatic heterocycles. The minimum Gasteiger partial charge on any atom is -0.354 e. The Kier molecular flexibility index (Phi) is 5.43. The molecule has 2 aliphatic rings. The average molecular weight is 384 g/mol. The van der Waals surface area contributed by atoms with E-state index in [1.165, 1.54) is 12.1 Å². The minimum absolute atomic E-state index is 0.124. The first kappa shape index (κ1) is 18.7. The SMILES string of the molecule is O=C1NC(C(=O)NCC2CCN(Cc3ccc(F)cc3)CC2)Cn2cccc21. The zero-order valence-electron chi connectivity index (χ0n) is 15.7. The van der Waals surface area contributed by atoms with Crippen molar-refractivity contribution in [2.24, 2.45) is 5.92 Å². The molecule has 1 aromatic carbocycles. The minimum atomic E-state index is -0.522. The molecule has 1 unspecified atom stereocenters. The van der Waals surface area contributed by atoms with E-state index in [4.69, 9.17) is 0 Å². The number of hydrogen-bond donors (Lipinski definition) is 2. The molecule has 1 saturated heterocycles. The van der Waals surface area contributed by atoms with Gasteiger partial charge in [0.15, 0.2) is 0 Å². The van der Waals surface area contributed by atoms with Crippen molar-refractivity contribution in [1.29, 1.82) is 0 Å². The van der Waals surface area contributed by atoms with Gasteiger partial charge in [0.1, 0.15) is 17.6 Å². The maximum atomic E-state index is 13.0. The zero-order valence-corrected chi connectivity index (χ0v) is 15.7. The summed E-state index contributed by atoms with van der Waals surface area (Å²) in [6, 6.07) is 9.70. The molecule has 0 radical (unpaired) electrons. The molecule has 1 atom stereocenters. The molecule has 1 aromatic heterocycles. The summed E-state index contributed by atoms with van der Waals surface area (Å²) in [5.41, 5.74) is 1.71. The average Bonchev–Trinajstić information content (AvgIpc) is 3.18. The summed E-state index contributed by atoms with van der Waals surface area (Å²) in [6.45, 7) is 3.85. The Morgan fingerprint density at radius 3 is 2.68 bits per heavy atom. The Labute approximate surface area is 163 Å². The van der Waals surface area contributed by atoms with Gasteiger partial charge in [-0.3, -0.25) is 14.5 Å². The summed E-state index contributed by atoms with van der Waals surface area (Å²) >= 11 is 0. The Balaban J connectivity index is 1.21. The van der Waals surface area contributed by atoms with Crippen LogP contribution in [0.25, 0.3) is 0 Å². The summed E-state index contributed by atoms with van der Waals surface area (Å²) < 4.78 is 14.8. The van der Waals surface area contributed by atoms with E-state index >= 15 is 0 Å². The quantitative estimate of drug-likeness (QED) is 0.826. The van der Waals surface area contributed by atoms with Crippen LogP contribution in [-0.4, -0.2) is 47.0 Å². The summed E-state index contributed by atoms with van der Waals surface area (Å²) in [6.07, 6.45) is 3.85. The van der Waals surface area contributed by atoms with Crippen LogP contribution in [0.4, 0.5) is 4.39 Å². The number of carbonyl (C=O) groups is 2. The Hall–Kier alpha value is -2.67. The van der Waals surface area contributed by atoms with Crippen LogP contribution in [0.2, 0.25) is 0 Å². The van der Waals surface area contributed by atoms with E-state index in [1.807, 2.05) is 29.0 Å². The highest BCUT2D eigenvalue weighted by Crippen LogP contribution is 2.19. The Morgan fingerprint density at radius 1 is 1.18 bits per heavy atom. The van der Waals surface area contributed by atoms with Crippen LogP contribution in [0.1, 0.15) is 28.9 Å². The molecule has 28 heavy (non-hydrogen) atoms. The number of nitrogens with zero attached hydrogens (tertiary/aromatic N) is 2. The molecule has 148 valence electrons. The first-order valence-electron chi connectivity index (χ1n) is 9.79. The number of benzene rings is 1. The zero-order chi connectivity index (χ0) is 19.5. The van der Waals surface area contributed by atoms with Gasteiger partial charge in [0, 0.05) is 19.3 Å². The fraction of sp³-hybridized carbons (Fsp3) is 0.429. The number of piperidine rings is 1. The van der Waals surface area contributed by atoms with E-state index in [-0.39, 0.29) is 17.6 Å². The number of fused-ring (bicyclic) bond motifs is 1. The third-order valence-electron chi connectivity index (χ3n) is 5.65. The molecule has 7 heteroatoms. The van der Waals surface area contributed by atoms with Gasteiger partial charge in [-0.2, -0.15) is 0 Å². The van der Waals surface area contributed by atoms with Crippen LogP contribution in [0, 0.1) is 11.7 Å². The molecule has 2 aromatic rings. The van der Waals surface area contributed by atoms with Crippen LogP contribution < -0.4 is 10.6 Å². The number of rotatable bonds is 5. The molecule has 1 fully saturated rings. The number of aromatic nitrogens is 1. The predicted molar refractivity (Wildman–Crippen MR) is 103 cm³/mol. The van der Waals surface area contributed by atoms with Crippen molar-refractivity contribution >= 4 is 11.8 Å². The van der Waals surface area contributed by atoms with Crippen molar-refractivity contribution in [3.8, 4) is 0 Å². The lowest BCUT2D eigenvalue weighted by atomic mass is 9.96. The second-order valence-corrected chi connectivity index (χ2v) is 7.66. The maximum absolute atomic E-state index is 13.0. The molecule has 3 heterocycles. The van der Waals surface area contributed by atoms with Gasteiger partial charge in [0.05, 0.1) is 6.54 Å². The maximum Gasteiger partial charge on any atom is 0.268 e. The van der Waals surface area contributed by atoms with Gasteiger partial charge in [0.2, 0.25) is 5.91 Å². The molecule has 0 saturated carbocycles. The lowest BCUT2D eigenvalue weighted by molar-refractivity contribution is -0.123. The van der Waals surface area contributed by atoms with Gasteiger partial charge >= 0.3 is 0 Å². The Morgan fingerprint density at radius 2 is 1.93 bits per heavy atom. The summed E-state index contributed by atoms with van der Waals surface area (Å²) in [7, 11) is 0. The summed E-state index contributed by atoms with van der Waals surface area (Å²) in [5.74, 6) is -0.0952. The number of carbonyl (C=O) groups excluding carboxylic acids is 2. The Bertz CT molecular complexity index is 840. The second kappa shape index (κ2) is 8.14. The molecule has 2 N–H and O–H groups in total. The first-order chi connectivity index (χ1) is 13.6. The number of halogens is 1. The highest BCUT2D eigenvalue weighted by atomic mass is 19.1. The number of nitrogens with one attached hydrogen (secondary N) is 2. The van der Waals surface area contributed by atoms with Crippen LogP contribution in [-0.2, 0) is 17.9 Å². The van der Waals surface area contributed by atoms with Gasteiger partial charge < -0.3 is 15.2 Å². The predicted octanol–water partition coefficient (Wildman–Crippen LogP) is 1.77. The van der Waals surface area contributed by atoms with Crippen molar-refractivity contribution in [1.82, 2.24) is 20.1 Å². The molecular formula is C21H25FN4O2. The second-order valence-electron chi connectivity index (χ2n) is 7.66. The fourth-order valence-electron chi connectivity index (χ4n) is 3.97. The van der Waals surface area contributed by atoms with Gasteiger partial charge in [0.25, 0.3) is 5.91 Å². The standard InChI is InChI=1S/C21H25FN4O2/c22-17-5-3-16(4-6-17)13-25-10-7-15(8-11-25)12-23-20(27)18-14-26-9-1-2-19(26)21(28)24-18/h1-6,9,15,18H,7-8,10-14H2,(H,23,27)(H,24,28). The van der Waals surface area contributed by atoms with E-state index < -0.39 is 6.04 Å². The van der Waals surface area contributed by atoms with Gasteiger partial charge in [-0.15, -0.1) is 0 Å². The van der Waals surface area contributed by atoms with Crippen LogP contribution >= 0.6 is 0 Å². The van der Waals surface area contributed by atoms with Crippen molar-refractivity contribution in [3.05, 3.63) is 59.7 Å². The molecule has 0 spiro atoms. The molecule has 6 nitrogen and oxygen atoms in total. The normalized spacial score (nSPS) is 20.5. The van der Waals surface area contributed by atoms with Gasteiger partial charge in [-0.05, 0) is 61.7 Å². The largest absolute Gasteiger partial charge is 0.354 e. The summed E-state index contributed by atoms with van der Waals surface area (Å²) in [4.78, 5) is 26.9. The first-order valence-corrected chi connectivity index (χ1v) is 9.79. The number of hydrogen-bond acceptors (Lipinski definition) is 3. The van der Waals surface area contributed by atoms with E-state index in [2.05, 4.69) is 15.5 Å². The van der Waals surface area contributed by atoms with Crippen LogP contribution in [0.3, 0.4) is 0 Å². The molecule has 0 bridgehead atoms. The monoisotopic (exact) mass is 384 g/mol. The molecule has 4 rings (SSSR count). The molecular weight excluding hydrogens is 359 g/mol. The van der Waals surface area contributed by atoms with E-state index in [0.717, 1.165) is 38.0 Å². The van der Waals surface area contributed by atoms with Gasteiger partial charge in [-0.1, -0.05) is 12.1 Å². The third-order valence-corrected chi connectivity index (χ3v) is 5.65. The number of amides is 2. The lowest BCUT2D eigenvalue weighted by Gasteiger charge is -2.32. The lowest BCUT2D eigenvalue weighted by Crippen LogP contribution is -2.53. The highest BCUT2D eigenvalue weighted by molar-refractivity contribution is 5.97. The van der Waals surface area contributed by atoms with E-state index in [9.17, 15) is 14.0 Å². The van der Waals surface area contributed by atoms with E-state index in [0.29, 0.717) is 24.7 Å². The van der Waals surface area contributed by atoms with Crippen molar-refractivity contribution in [2.75, 3.05) is 19.6 Å². The molecule has 2 amide bonds. The van der Waals surface area contributed by atoms with E-state index in [1.54, 1.807) is 6.07 Å². The van der Waals surface area contributed by atoms with Crippen LogP contribution in [0.5, 0.6) is 0 Å². The van der Waals surface area contributed by atoms with Crippen molar-refractivity contribution in [3.63, 3.8) is 0 Å². The highest BCUT2D eigenvalue weighted by Gasteiger charge is 2.29. The van der Waals surface area contributed by atoms with Crippen molar-refractivity contribution in [2.45, 2.75) is 32.0 Å². The topological polar surface area (TPSA) is 66.4 Å². The van der Waals surface area contributed by atoms with Crippen LogP contribution in [0.15, 0.2) is 42.6 Å².